The molecule has 1 aliphatic carbocycles. The van der Waals surface area contributed by atoms with E-state index in [4.69, 9.17) is 0 Å². The van der Waals surface area contributed by atoms with Crippen LogP contribution in [-0.2, 0) is 4.79 Å². The van der Waals surface area contributed by atoms with Gasteiger partial charge in [-0.3, -0.25) is 14.6 Å². The smallest absolute Gasteiger partial charge is 0.271 e. The van der Waals surface area contributed by atoms with Crippen LogP contribution < -0.4 is 10.7 Å². The molecule has 6 heteroatoms. The molecule has 0 aliphatic heterocycles. The normalized spacial score (nSPS) is 15.2. The van der Waals surface area contributed by atoms with E-state index in [1.54, 1.807) is 24.5 Å². The molecule has 0 saturated heterocycles. The van der Waals surface area contributed by atoms with Crippen molar-refractivity contribution < 1.29 is 9.59 Å². The number of hydrogen-bond donors (Lipinski definition) is 2. The van der Waals surface area contributed by atoms with E-state index in [9.17, 15) is 9.59 Å². The Morgan fingerprint density at radius 1 is 1.04 bits per heavy atom. The molecule has 1 aliphatic rings. The number of pyridine rings is 1. The Balaban J connectivity index is 1.63. The van der Waals surface area contributed by atoms with E-state index in [1.165, 1.54) is 6.42 Å². The van der Waals surface area contributed by atoms with Crippen LogP contribution in [0.25, 0.3) is 0 Å². The first-order valence-electron chi connectivity index (χ1n) is 9.29. The van der Waals surface area contributed by atoms with Gasteiger partial charge in [-0.2, -0.15) is 5.10 Å². The average Bonchev–Trinajstić information content (AvgIpc) is 2.73. The summed E-state index contributed by atoms with van der Waals surface area (Å²) < 4.78 is 0. The van der Waals surface area contributed by atoms with Crippen LogP contribution in [-0.4, -0.2) is 22.5 Å². The molecule has 0 bridgehead atoms. The van der Waals surface area contributed by atoms with E-state index in [0.29, 0.717) is 11.3 Å². The molecule has 0 unspecified atom stereocenters. The van der Waals surface area contributed by atoms with Crippen LogP contribution in [0, 0.1) is 5.92 Å². The fraction of sp³-hybridized carbons (Fsp3) is 0.333. The second kappa shape index (κ2) is 9.07. The van der Waals surface area contributed by atoms with Gasteiger partial charge in [0.15, 0.2) is 0 Å². The molecule has 2 aromatic rings. The Bertz CT molecular complexity index is 827. The summed E-state index contributed by atoms with van der Waals surface area (Å²) in [7, 11) is 0. The lowest BCUT2D eigenvalue weighted by Crippen LogP contribution is -2.24. The summed E-state index contributed by atoms with van der Waals surface area (Å²) in [6.07, 6.45) is 8.52. The van der Waals surface area contributed by atoms with Gasteiger partial charge in [-0.25, -0.2) is 5.43 Å². The zero-order valence-corrected chi connectivity index (χ0v) is 15.4. The molecule has 1 saturated carbocycles. The minimum Gasteiger partial charge on any atom is -0.326 e. The number of aromatic nitrogens is 1. The first kappa shape index (κ1) is 18.8. The van der Waals surface area contributed by atoms with Crippen molar-refractivity contribution in [1.29, 1.82) is 0 Å². The first-order chi connectivity index (χ1) is 13.1. The molecule has 6 nitrogen and oxygen atoms in total. The lowest BCUT2D eigenvalue weighted by molar-refractivity contribution is -0.120. The Morgan fingerprint density at radius 3 is 2.52 bits per heavy atom. The van der Waals surface area contributed by atoms with Crippen molar-refractivity contribution in [3.8, 4) is 0 Å². The Morgan fingerprint density at radius 2 is 1.78 bits per heavy atom. The first-order valence-corrected chi connectivity index (χ1v) is 9.29. The van der Waals surface area contributed by atoms with Crippen molar-refractivity contribution >= 4 is 23.2 Å². The topological polar surface area (TPSA) is 83.4 Å². The number of anilines is 1. The standard InChI is InChI=1S/C21H24N4O2/c1-15(24-25-21(27)17-10-12-22-13-11-17)18-8-5-9-19(14-18)23-20(26)16-6-3-2-4-7-16/h5,8-14,16H,2-4,6-7H2,1H3,(H,23,26)(H,25,27)/b24-15+. The summed E-state index contributed by atoms with van der Waals surface area (Å²) in [6.45, 7) is 1.81. The molecule has 2 N–H and O–H groups in total. The number of nitrogens with one attached hydrogen (secondary N) is 2. The Kier molecular flexibility index (Phi) is 6.30. The lowest BCUT2D eigenvalue weighted by atomic mass is 9.88. The Labute approximate surface area is 159 Å². The van der Waals surface area contributed by atoms with Crippen molar-refractivity contribution in [3.05, 3.63) is 59.9 Å². The van der Waals surface area contributed by atoms with Gasteiger partial charge in [0.25, 0.3) is 5.91 Å². The van der Waals surface area contributed by atoms with E-state index in [0.717, 1.165) is 36.9 Å². The van der Waals surface area contributed by atoms with E-state index < -0.39 is 0 Å². The van der Waals surface area contributed by atoms with Gasteiger partial charge in [-0.15, -0.1) is 0 Å². The summed E-state index contributed by atoms with van der Waals surface area (Å²) in [6, 6.07) is 10.8. The van der Waals surface area contributed by atoms with Gasteiger partial charge in [-0.05, 0) is 49.6 Å². The fourth-order valence-corrected chi connectivity index (χ4v) is 3.20. The summed E-state index contributed by atoms with van der Waals surface area (Å²) in [5.41, 5.74) is 5.28. The highest BCUT2D eigenvalue weighted by Crippen LogP contribution is 2.25. The third kappa shape index (κ3) is 5.23. The van der Waals surface area contributed by atoms with Crippen LogP contribution in [0.2, 0.25) is 0 Å². The second-order valence-corrected chi connectivity index (χ2v) is 6.78. The number of carbonyl (C=O) groups excluding carboxylic acids is 2. The molecule has 0 atom stereocenters. The van der Waals surface area contributed by atoms with E-state index in [2.05, 4.69) is 20.8 Å². The lowest BCUT2D eigenvalue weighted by Gasteiger charge is -2.20. The van der Waals surface area contributed by atoms with Gasteiger partial charge in [0, 0.05) is 29.6 Å². The molecular formula is C21H24N4O2. The van der Waals surface area contributed by atoms with Crippen LogP contribution >= 0.6 is 0 Å². The summed E-state index contributed by atoms with van der Waals surface area (Å²) in [5.74, 6) is -0.0947. The highest BCUT2D eigenvalue weighted by atomic mass is 16.2. The number of hydrazone groups is 1. The number of carbonyl (C=O) groups is 2. The van der Waals surface area contributed by atoms with Gasteiger partial charge in [0.2, 0.25) is 5.91 Å². The van der Waals surface area contributed by atoms with Crippen molar-refractivity contribution in [1.82, 2.24) is 10.4 Å². The molecule has 1 aromatic heterocycles. The van der Waals surface area contributed by atoms with Gasteiger partial charge in [0.1, 0.15) is 0 Å². The van der Waals surface area contributed by atoms with Gasteiger partial charge < -0.3 is 5.32 Å². The van der Waals surface area contributed by atoms with Crippen molar-refractivity contribution in [2.24, 2.45) is 11.0 Å². The van der Waals surface area contributed by atoms with Crippen molar-refractivity contribution in [3.63, 3.8) is 0 Å². The minimum absolute atomic E-state index is 0.0902. The fourth-order valence-electron chi connectivity index (χ4n) is 3.20. The number of amides is 2. The largest absolute Gasteiger partial charge is 0.326 e. The molecule has 1 heterocycles. The minimum atomic E-state index is -0.293. The third-order valence-corrected chi connectivity index (χ3v) is 4.79. The van der Waals surface area contributed by atoms with Crippen LogP contribution in [0.15, 0.2) is 53.9 Å². The van der Waals surface area contributed by atoms with Crippen LogP contribution in [0.1, 0.15) is 54.9 Å². The van der Waals surface area contributed by atoms with Crippen LogP contribution in [0.4, 0.5) is 5.69 Å². The molecule has 1 aromatic carbocycles. The number of benzene rings is 1. The summed E-state index contributed by atoms with van der Waals surface area (Å²) in [4.78, 5) is 28.4. The SMILES string of the molecule is C/C(=N\NC(=O)c1ccncc1)c1cccc(NC(=O)C2CCCCC2)c1. The Hall–Kier alpha value is -3.02. The van der Waals surface area contributed by atoms with Gasteiger partial charge in [0.05, 0.1) is 5.71 Å². The molecule has 1 fully saturated rings. The summed E-state index contributed by atoms with van der Waals surface area (Å²) in [5, 5.41) is 7.17. The van der Waals surface area contributed by atoms with Crippen molar-refractivity contribution in [2.75, 3.05) is 5.32 Å². The van der Waals surface area contributed by atoms with E-state index >= 15 is 0 Å². The number of rotatable bonds is 5. The average molecular weight is 364 g/mol. The zero-order valence-electron chi connectivity index (χ0n) is 15.4. The van der Waals surface area contributed by atoms with Crippen molar-refractivity contribution in [2.45, 2.75) is 39.0 Å². The monoisotopic (exact) mass is 364 g/mol. The van der Waals surface area contributed by atoms with Gasteiger partial charge in [-0.1, -0.05) is 31.4 Å². The molecule has 27 heavy (non-hydrogen) atoms. The molecule has 2 amide bonds. The number of hydrogen-bond acceptors (Lipinski definition) is 4. The maximum Gasteiger partial charge on any atom is 0.271 e. The third-order valence-electron chi connectivity index (χ3n) is 4.79. The predicted molar refractivity (Wildman–Crippen MR) is 106 cm³/mol. The summed E-state index contributed by atoms with van der Waals surface area (Å²) >= 11 is 0. The molecule has 140 valence electrons. The van der Waals surface area contributed by atoms with Gasteiger partial charge >= 0.3 is 0 Å². The second-order valence-electron chi connectivity index (χ2n) is 6.78. The predicted octanol–water partition coefficient (Wildman–Crippen LogP) is 3.75. The molecule has 3 rings (SSSR count). The highest BCUT2D eigenvalue weighted by Gasteiger charge is 2.21. The van der Waals surface area contributed by atoms with E-state index in [-0.39, 0.29) is 17.7 Å². The van der Waals surface area contributed by atoms with Crippen LogP contribution in [0.5, 0.6) is 0 Å². The zero-order chi connectivity index (χ0) is 19.1. The maximum atomic E-state index is 12.4. The molecular weight excluding hydrogens is 340 g/mol. The van der Waals surface area contributed by atoms with Crippen LogP contribution in [0.3, 0.4) is 0 Å². The number of nitrogens with zero attached hydrogens (tertiary/aromatic N) is 2. The van der Waals surface area contributed by atoms with E-state index in [1.807, 2.05) is 31.2 Å². The highest BCUT2D eigenvalue weighted by molar-refractivity contribution is 6.02. The molecule has 0 spiro atoms. The quantitative estimate of drug-likeness (QED) is 0.626. The molecule has 0 radical (unpaired) electrons. The maximum absolute atomic E-state index is 12.4.